The molecule has 0 saturated heterocycles. The second-order valence-corrected chi connectivity index (χ2v) is 5.18. The summed E-state index contributed by atoms with van der Waals surface area (Å²) in [7, 11) is 0. The summed E-state index contributed by atoms with van der Waals surface area (Å²) in [4.78, 5) is 10.4. The standard InChI is InChI=1S/C16H20N2O3/c1-12-6-8-13(9-7-12)10-11-15-18-17-14(21-15)4-2-3-5-16(19)20/h6-9H,2-5,10-11H2,1H3,(H,19,20). The number of benzene rings is 1. The zero-order valence-corrected chi connectivity index (χ0v) is 12.2. The summed E-state index contributed by atoms with van der Waals surface area (Å²) in [6.45, 7) is 2.07. The fourth-order valence-corrected chi connectivity index (χ4v) is 2.05. The number of aliphatic carboxylic acids is 1. The summed E-state index contributed by atoms with van der Waals surface area (Å²) in [5.74, 6) is 0.474. The molecule has 1 aromatic heterocycles. The van der Waals surface area contributed by atoms with Crippen LogP contribution in [0.4, 0.5) is 0 Å². The zero-order valence-electron chi connectivity index (χ0n) is 12.2. The first-order valence-corrected chi connectivity index (χ1v) is 7.22. The Hall–Kier alpha value is -2.17. The minimum atomic E-state index is -0.765. The van der Waals surface area contributed by atoms with Crippen LogP contribution in [0.3, 0.4) is 0 Å². The van der Waals surface area contributed by atoms with Crippen LogP contribution in [0, 0.1) is 6.92 Å². The van der Waals surface area contributed by atoms with Gasteiger partial charge in [0.15, 0.2) is 0 Å². The molecule has 0 aliphatic rings. The van der Waals surface area contributed by atoms with Gasteiger partial charge in [-0.2, -0.15) is 0 Å². The first-order chi connectivity index (χ1) is 10.1. The molecule has 0 radical (unpaired) electrons. The molecule has 5 nitrogen and oxygen atoms in total. The van der Waals surface area contributed by atoms with Crippen molar-refractivity contribution in [2.45, 2.75) is 45.4 Å². The lowest BCUT2D eigenvalue weighted by molar-refractivity contribution is -0.137. The van der Waals surface area contributed by atoms with Crippen molar-refractivity contribution < 1.29 is 14.3 Å². The summed E-state index contributed by atoms with van der Waals surface area (Å²) in [5.41, 5.74) is 2.50. The molecule has 1 aromatic carbocycles. The average Bonchev–Trinajstić information content (AvgIpc) is 2.91. The highest BCUT2D eigenvalue weighted by Gasteiger charge is 2.07. The van der Waals surface area contributed by atoms with Crippen molar-refractivity contribution in [3.8, 4) is 0 Å². The van der Waals surface area contributed by atoms with Gasteiger partial charge in [0.05, 0.1) is 0 Å². The van der Waals surface area contributed by atoms with Gasteiger partial charge in [0, 0.05) is 19.3 Å². The minimum Gasteiger partial charge on any atom is -0.481 e. The third-order valence-corrected chi connectivity index (χ3v) is 3.29. The Labute approximate surface area is 124 Å². The average molecular weight is 288 g/mol. The highest BCUT2D eigenvalue weighted by molar-refractivity contribution is 5.66. The molecule has 1 heterocycles. The number of carboxylic acid groups (broad SMARTS) is 1. The number of carboxylic acids is 1. The predicted molar refractivity (Wildman–Crippen MR) is 78.1 cm³/mol. The van der Waals surface area contributed by atoms with E-state index in [1.807, 2.05) is 0 Å². The van der Waals surface area contributed by atoms with Gasteiger partial charge in [-0.3, -0.25) is 4.79 Å². The highest BCUT2D eigenvalue weighted by atomic mass is 16.4. The van der Waals surface area contributed by atoms with Gasteiger partial charge in [-0.1, -0.05) is 29.8 Å². The Morgan fingerprint density at radius 2 is 1.71 bits per heavy atom. The van der Waals surface area contributed by atoms with Crippen molar-refractivity contribution in [3.63, 3.8) is 0 Å². The third kappa shape index (κ3) is 5.38. The van der Waals surface area contributed by atoms with Crippen LogP contribution in [-0.2, 0) is 24.1 Å². The van der Waals surface area contributed by atoms with E-state index in [9.17, 15) is 4.79 Å². The van der Waals surface area contributed by atoms with Crippen molar-refractivity contribution in [2.24, 2.45) is 0 Å². The zero-order chi connectivity index (χ0) is 15.1. The second kappa shape index (κ2) is 7.57. The molecule has 0 bridgehead atoms. The van der Waals surface area contributed by atoms with E-state index in [4.69, 9.17) is 9.52 Å². The first-order valence-electron chi connectivity index (χ1n) is 7.22. The molecule has 21 heavy (non-hydrogen) atoms. The maximum Gasteiger partial charge on any atom is 0.303 e. The lowest BCUT2D eigenvalue weighted by Crippen LogP contribution is -1.95. The van der Waals surface area contributed by atoms with Gasteiger partial charge in [-0.15, -0.1) is 10.2 Å². The quantitative estimate of drug-likeness (QED) is 0.756. The first kappa shape index (κ1) is 15.2. The Bertz CT molecular complexity index is 575. The molecule has 1 N–H and O–H groups in total. The molecule has 0 saturated carbocycles. The highest BCUT2D eigenvalue weighted by Crippen LogP contribution is 2.10. The van der Waals surface area contributed by atoms with Crippen molar-refractivity contribution in [3.05, 3.63) is 47.2 Å². The number of nitrogens with zero attached hydrogens (tertiary/aromatic N) is 2. The van der Waals surface area contributed by atoms with Crippen LogP contribution < -0.4 is 0 Å². The van der Waals surface area contributed by atoms with E-state index >= 15 is 0 Å². The van der Waals surface area contributed by atoms with E-state index in [1.165, 1.54) is 11.1 Å². The Morgan fingerprint density at radius 1 is 1.05 bits per heavy atom. The smallest absolute Gasteiger partial charge is 0.303 e. The maximum absolute atomic E-state index is 10.4. The van der Waals surface area contributed by atoms with Gasteiger partial charge in [0.2, 0.25) is 11.8 Å². The molecule has 0 fully saturated rings. The lowest BCUT2D eigenvalue weighted by atomic mass is 10.1. The van der Waals surface area contributed by atoms with Gasteiger partial charge in [0.1, 0.15) is 0 Å². The van der Waals surface area contributed by atoms with E-state index in [-0.39, 0.29) is 6.42 Å². The van der Waals surface area contributed by atoms with Crippen molar-refractivity contribution in [2.75, 3.05) is 0 Å². The molecule has 2 aromatic rings. The van der Waals surface area contributed by atoms with E-state index in [1.54, 1.807) is 0 Å². The molecule has 0 atom stereocenters. The molecule has 0 unspecified atom stereocenters. The Morgan fingerprint density at radius 3 is 2.38 bits per heavy atom. The Balaban J connectivity index is 1.75. The summed E-state index contributed by atoms with van der Waals surface area (Å²) < 4.78 is 5.57. The molecule has 0 amide bonds. The number of hydrogen-bond acceptors (Lipinski definition) is 4. The molecule has 0 aliphatic heterocycles. The van der Waals surface area contributed by atoms with Crippen molar-refractivity contribution in [1.82, 2.24) is 10.2 Å². The molecule has 0 aliphatic carbocycles. The number of unbranched alkanes of at least 4 members (excludes halogenated alkanes) is 1. The van der Waals surface area contributed by atoms with E-state index in [0.29, 0.717) is 24.6 Å². The molecular weight excluding hydrogens is 268 g/mol. The van der Waals surface area contributed by atoms with E-state index in [2.05, 4.69) is 41.4 Å². The van der Waals surface area contributed by atoms with Gasteiger partial charge in [-0.05, 0) is 31.7 Å². The third-order valence-electron chi connectivity index (χ3n) is 3.29. The topological polar surface area (TPSA) is 76.2 Å². The van der Waals surface area contributed by atoms with Crippen LogP contribution in [0.2, 0.25) is 0 Å². The lowest BCUT2D eigenvalue weighted by Gasteiger charge is -1.99. The van der Waals surface area contributed by atoms with Crippen LogP contribution >= 0.6 is 0 Å². The largest absolute Gasteiger partial charge is 0.481 e. The monoisotopic (exact) mass is 288 g/mol. The van der Waals surface area contributed by atoms with Crippen LogP contribution in [0.25, 0.3) is 0 Å². The van der Waals surface area contributed by atoms with Gasteiger partial charge >= 0.3 is 5.97 Å². The summed E-state index contributed by atoms with van der Waals surface area (Å²) in [5, 5.41) is 16.6. The van der Waals surface area contributed by atoms with Crippen LogP contribution in [0.1, 0.15) is 42.2 Å². The summed E-state index contributed by atoms with van der Waals surface area (Å²) in [6.07, 6.45) is 3.83. The normalized spacial score (nSPS) is 10.7. The van der Waals surface area contributed by atoms with E-state index in [0.717, 1.165) is 19.3 Å². The van der Waals surface area contributed by atoms with Gasteiger partial charge in [0.25, 0.3) is 0 Å². The van der Waals surface area contributed by atoms with Gasteiger partial charge in [-0.25, -0.2) is 0 Å². The number of hydrogen-bond donors (Lipinski definition) is 1. The fraction of sp³-hybridized carbons (Fsp3) is 0.438. The van der Waals surface area contributed by atoms with Crippen LogP contribution in [0.5, 0.6) is 0 Å². The number of aryl methyl sites for hydroxylation is 4. The Kier molecular flexibility index (Phi) is 5.49. The summed E-state index contributed by atoms with van der Waals surface area (Å²) in [6, 6.07) is 8.41. The van der Waals surface area contributed by atoms with Crippen LogP contribution in [-0.4, -0.2) is 21.3 Å². The van der Waals surface area contributed by atoms with Crippen molar-refractivity contribution in [1.29, 1.82) is 0 Å². The maximum atomic E-state index is 10.4. The summed E-state index contributed by atoms with van der Waals surface area (Å²) >= 11 is 0. The molecule has 112 valence electrons. The number of aromatic nitrogens is 2. The fourth-order valence-electron chi connectivity index (χ4n) is 2.05. The van der Waals surface area contributed by atoms with E-state index < -0.39 is 5.97 Å². The van der Waals surface area contributed by atoms with Gasteiger partial charge < -0.3 is 9.52 Å². The molecule has 5 heteroatoms. The number of carbonyl (C=O) groups is 1. The minimum absolute atomic E-state index is 0.189. The molecular formula is C16H20N2O3. The van der Waals surface area contributed by atoms with Crippen molar-refractivity contribution >= 4 is 5.97 Å². The van der Waals surface area contributed by atoms with Crippen LogP contribution in [0.15, 0.2) is 28.7 Å². The second-order valence-electron chi connectivity index (χ2n) is 5.18. The predicted octanol–water partition coefficient (Wildman–Crippen LogP) is 2.96. The number of rotatable bonds is 8. The molecule has 0 spiro atoms. The molecule has 2 rings (SSSR count). The SMILES string of the molecule is Cc1ccc(CCc2nnc(CCCCC(=O)O)o2)cc1.